The van der Waals surface area contributed by atoms with E-state index < -0.39 is 0 Å². The lowest BCUT2D eigenvalue weighted by Gasteiger charge is -2.32. The third kappa shape index (κ3) is 2.41. The fraction of sp³-hybridized carbons (Fsp3) is 0.533. The summed E-state index contributed by atoms with van der Waals surface area (Å²) < 4.78 is 12.1. The summed E-state index contributed by atoms with van der Waals surface area (Å²) in [4.78, 5) is 0. The summed E-state index contributed by atoms with van der Waals surface area (Å²) in [7, 11) is -0.354. The molecule has 3 nitrogen and oxygen atoms in total. The molecule has 0 radical (unpaired) electrons. The lowest BCUT2D eigenvalue weighted by molar-refractivity contribution is 0.00578. The van der Waals surface area contributed by atoms with Gasteiger partial charge in [-0.1, -0.05) is 13.0 Å². The van der Waals surface area contributed by atoms with Crippen molar-refractivity contribution in [3.8, 4) is 6.07 Å². The maximum atomic E-state index is 8.97. The Morgan fingerprint density at radius 3 is 2.21 bits per heavy atom. The Morgan fingerprint density at radius 2 is 1.74 bits per heavy atom. The molecule has 0 bridgehead atoms. The van der Waals surface area contributed by atoms with Gasteiger partial charge in [0.1, 0.15) is 0 Å². The van der Waals surface area contributed by atoms with E-state index in [9.17, 15) is 0 Å². The summed E-state index contributed by atoms with van der Waals surface area (Å²) in [5, 5.41) is 8.97. The zero-order chi connectivity index (χ0) is 14.3. The largest absolute Gasteiger partial charge is 0.495 e. The van der Waals surface area contributed by atoms with Crippen molar-refractivity contribution in [3.05, 3.63) is 29.3 Å². The fourth-order valence-corrected chi connectivity index (χ4v) is 2.18. The Kier molecular flexibility index (Phi) is 3.46. The number of nitriles is 1. The Hall–Kier alpha value is -1.31. The minimum atomic E-state index is -0.354. The molecule has 0 saturated carbocycles. The first-order valence-electron chi connectivity index (χ1n) is 6.69. The molecule has 4 heteroatoms. The van der Waals surface area contributed by atoms with Gasteiger partial charge in [-0.3, -0.25) is 0 Å². The molecule has 1 aromatic carbocycles. The molecule has 1 aliphatic rings. The van der Waals surface area contributed by atoms with Crippen molar-refractivity contribution in [1.82, 2.24) is 0 Å². The minimum absolute atomic E-state index is 0.337. The Morgan fingerprint density at radius 1 is 1.16 bits per heavy atom. The second-order valence-electron chi connectivity index (χ2n) is 5.97. The van der Waals surface area contributed by atoms with Gasteiger partial charge in [0, 0.05) is 0 Å². The molecule has 0 unspecified atom stereocenters. The summed E-state index contributed by atoms with van der Waals surface area (Å²) in [6.45, 7) is 10.3. The van der Waals surface area contributed by atoms with Gasteiger partial charge in [-0.2, -0.15) is 5.26 Å². The van der Waals surface area contributed by atoms with Gasteiger partial charge < -0.3 is 9.31 Å². The molecule has 100 valence electrons. The molecule has 1 aromatic rings. The molecule has 2 rings (SSSR count). The van der Waals surface area contributed by atoms with Crippen molar-refractivity contribution in [2.75, 3.05) is 0 Å². The molecule has 1 aliphatic heterocycles. The molecule has 1 saturated heterocycles. The second kappa shape index (κ2) is 4.66. The first kappa shape index (κ1) is 14.1. The van der Waals surface area contributed by atoms with E-state index in [1.54, 1.807) is 0 Å². The van der Waals surface area contributed by atoms with Crippen molar-refractivity contribution in [2.24, 2.45) is 0 Å². The van der Waals surface area contributed by atoms with Crippen LogP contribution in [0.15, 0.2) is 18.2 Å². The van der Waals surface area contributed by atoms with Crippen LogP contribution in [0.5, 0.6) is 0 Å². The second-order valence-corrected chi connectivity index (χ2v) is 5.97. The summed E-state index contributed by atoms with van der Waals surface area (Å²) in [5.41, 5.74) is 2.14. The third-order valence-electron chi connectivity index (χ3n) is 4.16. The molecule has 0 spiro atoms. The standard InChI is InChI=1S/C15H20BNO2/c1-6-12-9-11(10-17)7-8-13(12)16-18-14(2,3)15(4,5)19-16/h7-9H,6H2,1-5H3. The maximum Gasteiger partial charge on any atom is 0.495 e. The van der Waals surface area contributed by atoms with Crippen LogP contribution in [0, 0.1) is 11.3 Å². The van der Waals surface area contributed by atoms with E-state index in [0.717, 1.165) is 17.4 Å². The van der Waals surface area contributed by atoms with Crippen LogP contribution >= 0.6 is 0 Å². The highest BCUT2D eigenvalue weighted by Crippen LogP contribution is 2.36. The van der Waals surface area contributed by atoms with Crippen molar-refractivity contribution in [1.29, 1.82) is 5.26 Å². The summed E-state index contributed by atoms with van der Waals surface area (Å²) >= 11 is 0. The van der Waals surface area contributed by atoms with Crippen LogP contribution in [0.3, 0.4) is 0 Å². The number of nitrogens with zero attached hydrogens (tertiary/aromatic N) is 1. The topological polar surface area (TPSA) is 42.2 Å². The molecule has 1 heterocycles. The molecule has 0 atom stereocenters. The Balaban J connectivity index is 2.37. The van der Waals surface area contributed by atoms with Crippen LogP contribution in [0.2, 0.25) is 0 Å². The van der Waals surface area contributed by atoms with Gasteiger partial charge in [-0.15, -0.1) is 0 Å². The van der Waals surface area contributed by atoms with E-state index in [4.69, 9.17) is 14.6 Å². The number of benzene rings is 1. The highest BCUT2D eigenvalue weighted by molar-refractivity contribution is 6.62. The van der Waals surface area contributed by atoms with Gasteiger partial charge in [-0.25, -0.2) is 0 Å². The first-order valence-corrected chi connectivity index (χ1v) is 6.69. The van der Waals surface area contributed by atoms with Crippen LogP contribution in [-0.4, -0.2) is 18.3 Å². The van der Waals surface area contributed by atoms with E-state index in [1.165, 1.54) is 0 Å². The number of hydrogen-bond donors (Lipinski definition) is 0. The fourth-order valence-electron chi connectivity index (χ4n) is 2.18. The number of aryl methyl sites for hydroxylation is 1. The molecular formula is C15H20BNO2. The predicted molar refractivity (Wildman–Crippen MR) is 76.3 cm³/mol. The highest BCUT2D eigenvalue weighted by Gasteiger charge is 2.52. The number of hydrogen-bond acceptors (Lipinski definition) is 3. The Bertz CT molecular complexity index is 515. The normalized spacial score (nSPS) is 20.3. The van der Waals surface area contributed by atoms with Crippen LogP contribution in [0.1, 0.15) is 45.7 Å². The van der Waals surface area contributed by atoms with Crippen molar-refractivity contribution in [2.45, 2.75) is 52.2 Å². The summed E-state index contributed by atoms with van der Waals surface area (Å²) in [6, 6.07) is 7.85. The molecule has 0 amide bonds. The quantitative estimate of drug-likeness (QED) is 0.764. The maximum absolute atomic E-state index is 8.97. The van der Waals surface area contributed by atoms with Crippen LogP contribution < -0.4 is 5.46 Å². The van der Waals surface area contributed by atoms with E-state index in [2.05, 4.69) is 13.0 Å². The van der Waals surface area contributed by atoms with Crippen LogP contribution in [0.4, 0.5) is 0 Å². The zero-order valence-electron chi connectivity index (χ0n) is 12.3. The molecule has 1 fully saturated rings. The monoisotopic (exact) mass is 257 g/mol. The van der Waals surface area contributed by atoms with Crippen LogP contribution in [0.25, 0.3) is 0 Å². The van der Waals surface area contributed by atoms with E-state index in [1.807, 2.05) is 45.9 Å². The average molecular weight is 257 g/mol. The predicted octanol–water partition coefficient (Wildman–Crippen LogP) is 2.42. The van der Waals surface area contributed by atoms with Crippen LogP contribution in [-0.2, 0) is 15.7 Å². The van der Waals surface area contributed by atoms with Gasteiger partial charge in [0.15, 0.2) is 0 Å². The van der Waals surface area contributed by atoms with Crippen molar-refractivity contribution in [3.63, 3.8) is 0 Å². The average Bonchev–Trinajstić information content (AvgIpc) is 2.57. The van der Waals surface area contributed by atoms with Gasteiger partial charge in [0.05, 0.1) is 22.8 Å². The minimum Gasteiger partial charge on any atom is -0.399 e. The smallest absolute Gasteiger partial charge is 0.399 e. The zero-order valence-corrected chi connectivity index (χ0v) is 12.3. The van der Waals surface area contributed by atoms with E-state index in [0.29, 0.717) is 5.56 Å². The van der Waals surface area contributed by atoms with E-state index >= 15 is 0 Å². The lowest BCUT2D eigenvalue weighted by atomic mass is 9.75. The molecule has 19 heavy (non-hydrogen) atoms. The molecular weight excluding hydrogens is 237 g/mol. The third-order valence-corrected chi connectivity index (χ3v) is 4.16. The summed E-state index contributed by atoms with van der Waals surface area (Å²) in [5.74, 6) is 0. The number of rotatable bonds is 2. The summed E-state index contributed by atoms with van der Waals surface area (Å²) in [6.07, 6.45) is 0.856. The van der Waals surface area contributed by atoms with Gasteiger partial charge in [-0.05, 0) is 57.3 Å². The van der Waals surface area contributed by atoms with Gasteiger partial charge in [0.2, 0.25) is 0 Å². The van der Waals surface area contributed by atoms with Gasteiger partial charge >= 0.3 is 7.12 Å². The lowest BCUT2D eigenvalue weighted by Crippen LogP contribution is -2.41. The van der Waals surface area contributed by atoms with E-state index in [-0.39, 0.29) is 18.3 Å². The Labute approximate surface area is 115 Å². The molecule has 0 aromatic heterocycles. The molecule has 0 N–H and O–H groups in total. The highest BCUT2D eigenvalue weighted by atomic mass is 16.7. The van der Waals surface area contributed by atoms with Crippen molar-refractivity contribution >= 4 is 12.6 Å². The SMILES string of the molecule is CCc1cc(C#N)ccc1B1OC(C)(C)C(C)(C)O1. The molecule has 0 aliphatic carbocycles. The first-order chi connectivity index (χ1) is 8.80. The van der Waals surface area contributed by atoms with Gasteiger partial charge in [0.25, 0.3) is 0 Å². The van der Waals surface area contributed by atoms with Crippen molar-refractivity contribution < 1.29 is 9.31 Å².